The van der Waals surface area contributed by atoms with Gasteiger partial charge in [-0.2, -0.15) is 14.6 Å². The van der Waals surface area contributed by atoms with Crippen LogP contribution in [-0.2, 0) is 0 Å². The third-order valence-electron chi connectivity index (χ3n) is 5.77. The highest BCUT2D eigenvalue weighted by atomic mass is 15.4. The van der Waals surface area contributed by atoms with Crippen LogP contribution in [0.3, 0.4) is 0 Å². The number of hydrogen-bond donors (Lipinski definition) is 0. The first-order chi connectivity index (χ1) is 14.3. The Balaban J connectivity index is 1.40. The number of rotatable bonds is 4. The molecule has 146 valence electrons. The number of anilines is 1. The molecule has 3 heterocycles. The number of aromatic nitrogens is 4. The van der Waals surface area contributed by atoms with E-state index >= 15 is 0 Å². The maximum atomic E-state index is 4.70. The van der Waals surface area contributed by atoms with Crippen LogP contribution in [0.2, 0.25) is 0 Å². The molecule has 0 bridgehead atoms. The minimum absolute atomic E-state index is 0.419. The van der Waals surface area contributed by atoms with Gasteiger partial charge in [-0.15, -0.1) is 0 Å². The number of hydrogen-bond acceptors (Lipinski definition) is 5. The quantitative estimate of drug-likeness (QED) is 0.537. The summed E-state index contributed by atoms with van der Waals surface area (Å²) in [5, 5.41) is 4.42. The minimum Gasteiger partial charge on any atom is -0.354 e. The second-order valence-corrected chi connectivity index (χ2v) is 7.45. The average molecular weight is 384 g/mol. The van der Waals surface area contributed by atoms with Crippen LogP contribution in [0, 0.1) is 0 Å². The molecule has 1 atom stereocenters. The third kappa shape index (κ3) is 3.47. The van der Waals surface area contributed by atoms with E-state index in [1.54, 1.807) is 6.33 Å². The molecular formula is C23H24N6. The molecule has 0 unspecified atom stereocenters. The zero-order valence-electron chi connectivity index (χ0n) is 16.5. The largest absolute Gasteiger partial charge is 0.354 e. The number of fused-ring (bicyclic) bond motifs is 1. The first-order valence-corrected chi connectivity index (χ1v) is 10.1. The highest BCUT2D eigenvalue weighted by Crippen LogP contribution is 2.26. The third-order valence-corrected chi connectivity index (χ3v) is 5.77. The molecule has 0 N–H and O–H groups in total. The topological polar surface area (TPSA) is 49.6 Å². The summed E-state index contributed by atoms with van der Waals surface area (Å²) in [6, 6.07) is 23.5. The van der Waals surface area contributed by atoms with Gasteiger partial charge in [0.1, 0.15) is 12.1 Å². The van der Waals surface area contributed by atoms with Gasteiger partial charge in [-0.3, -0.25) is 4.90 Å². The first kappa shape index (κ1) is 17.8. The Morgan fingerprint density at radius 3 is 2.28 bits per heavy atom. The fraction of sp³-hybridized carbons (Fsp3) is 0.261. The van der Waals surface area contributed by atoms with Crippen LogP contribution in [-0.4, -0.2) is 50.7 Å². The first-order valence-electron chi connectivity index (χ1n) is 10.1. The van der Waals surface area contributed by atoms with Gasteiger partial charge in [0.2, 0.25) is 0 Å². The molecule has 0 saturated carbocycles. The fourth-order valence-electron chi connectivity index (χ4n) is 4.06. The molecule has 2 aromatic carbocycles. The molecule has 1 aliphatic rings. The molecule has 1 fully saturated rings. The van der Waals surface area contributed by atoms with E-state index in [0.717, 1.165) is 43.3 Å². The SMILES string of the molecule is C[C@@H](c1ccccc1)N1CCN(c2cc(-c3ccccc3)nc3ncnn23)CC1. The van der Waals surface area contributed by atoms with E-state index in [-0.39, 0.29) is 0 Å². The second-order valence-electron chi connectivity index (χ2n) is 7.45. The summed E-state index contributed by atoms with van der Waals surface area (Å²) in [4.78, 5) is 14.0. The zero-order chi connectivity index (χ0) is 19.6. The molecule has 6 heteroatoms. The number of benzene rings is 2. The maximum Gasteiger partial charge on any atom is 0.254 e. The molecule has 6 nitrogen and oxygen atoms in total. The van der Waals surface area contributed by atoms with Crippen LogP contribution < -0.4 is 4.90 Å². The molecule has 1 aliphatic heterocycles. The molecule has 0 amide bonds. The van der Waals surface area contributed by atoms with Crippen LogP contribution in [0.25, 0.3) is 17.0 Å². The lowest BCUT2D eigenvalue weighted by Gasteiger charge is -2.39. The van der Waals surface area contributed by atoms with Crippen molar-refractivity contribution in [3.63, 3.8) is 0 Å². The lowest BCUT2D eigenvalue weighted by atomic mass is 10.1. The van der Waals surface area contributed by atoms with Crippen molar-refractivity contribution in [1.82, 2.24) is 24.5 Å². The van der Waals surface area contributed by atoms with Gasteiger partial charge in [0.25, 0.3) is 5.78 Å². The van der Waals surface area contributed by atoms with Crippen LogP contribution in [0.1, 0.15) is 18.5 Å². The van der Waals surface area contributed by atoms with Gasteiger partial charge >= 0.3 is 0 Å². The molecule has 2 aromatic heterocycles. The van der Waals surface area contributed by atoms with Gasteiger partial charge in [0.15, 0.2) is 0 Å². The summed E-state index contributed by atoms with van der Waals surface area (Å²) < 4.78 is 1.85. The van der Waals surface area contributed by atoms with Crippen molar-refractivity contribution in [2.45, 2.75) is 13.0 Å². The van der Waals surface area contributed by atoms with Gasteiger partial charge in [-0.05, 0) is 12.5 Å². The molecule has 1 saturated heterocycles. The Morgan fingerprint density at radius 1 is 0.862 bits per heavy atom. The van der Waals surface area contributed by atoms with Crippen LogP contribution >= 0.6 is 0 Å². The molecule has 0 aliphatic carbocycles. The summed E-state index contributed by atoms with van der Waals surface area (Å²) in [5.41, 5.74) is 3.40. The Labute approximate surface area is 170 Å². The summed E-state index contributed by atoms with van der Waals surface area (Å²) in [7, 11) is 0. The second kappa shape index (κ2) is 7.64. The van der Waals surface area contributed by atoms with E-state index in [1.165, 1.54) is 5.56 Å². The predicted molar refractivity (Wildman–Crippen MR) is 115 cm³/mol. The minimum atomic E-state index is 0.419. The smallest absolute Gasteiger partial charge is 0.254 e. The van der Waals surface area contributed by atoms with Crippen molar-refractivity contribution >= 4 is 11.6 Å². The van der Waals surface area contributed by atoms with Gasteiger partial charge in [-0.25, -0.2) is 4.98 Å². The number of nitrogens with zero attached hydrogens (tertiary/aromatic N) is 6. The Kier molecular flexibility index (Phi) is 4.69. The normalized spacial score (nSPS) is 16.2. The van der Waals surface area contributed by atoms with E-state index in [0.29, 0.717) is 11.8 Å². The monoisotopic (exact) mass is 384 g/mol. The Bertz CT molecular complexity index is 1080. The lowest BCUT2D eigenvalue weighted by molar-refractivity contribution is 0.198. The van der Waals surface area contributed by atoms with E-state index in [4.69, 9.17) is 4.98 Å². The van der Waals surface area contributed by atoms with Gasteiger partial charge < -0.3 is 4.90 Å². The van der Waals surface area contributed by atoms with E-state index in [1.807, 2.05) is 22.7 Å². The van der Waals surface area contributed by atoms with Crippen molar-refractivity contribution in [3.05, 3.63) is 78.6 Å². The van der Waals surface area contributed by atoms with Crippen molar-refractivity contribution in [1.29, 1.82) is 0 Å². The van der Waals surface area contributed by atoms with Crippen molar-refractivity contribution in [3.8, 4) is 11.3 Å². The van der Waals surface area contributed by atoms with E-state index in [2.05, 4.69) is 75.3 Å². The molecular weight excluding hydrogens is 360 g/mol. The predicted octanol–water partition coefficient (Wildman–Crippen LogP) is 3.67. The molecule has 4 aromatic rings. The van der Waals surface area contributed by atoms with Crippen molar-refractivity contribution < 1.29 is 0 Å². The Morgan fingerprint density at radius 2 is 1.55 bits per heavy atom. The molecule has 0 spiro atoms. The summed E-state index contributed by atoms with van der Waals surface area (Å²) in [5.74, 6) is 1.69. The highest BCUT2D eigenvalue weighted by Gasteiger charge is 2.24. The summed E-state index contributed by atoms with van der Waals surface area (Å²) >= 11 is 0. The fourth-order valence-corrected chi connectivity index (χ4v) is 4.06. The summed E-state index contributed by atoms with van der Waals surface area (Å²) in [6.07, 6.45) is 1.58. The average Bonchev–Trinajstić information content (AvgIpc) is 3.28. The molecule has 29 heavy (non-hydrogen) atoms. The van der Waals surface area contributed by atoms with Crippen LogP contribution in [0.15, 0.2) is 73.1 Å². The van der Waals surface area contributed by atoms with Crippen molar-refractivity contribution in [2.75, 3.05) is 31.1 Å². The maximum absolute atomic E-state index is 4.70. The summed E-state index contributed by atoms with van der Waals surface area (Å²) in [6.45, 7) is 6.21. The number of piperazine rings is 1. The van der Waals surface area contributed by atoms with Gasteiger partial charge in [0, 0.05) is 43.9 Å². The van der Waals surface area contributed by atoms with E-state index < -0.39 is 0 Å². The van der Waals surface area contributed by atoms with Gasteiger partial charge in [0.05, 0.1) is 5.69 Å². The van der Waals surface area contributed by atoms with Crippen molar-refractivity contribution in [2.24, 2.45) is 0 Å². The zero-order valence-corrected chi connectivity index (χ0v) is 16.5. The van der Waals surface area contributed by atoms with Gasteiger partial charge in [-0.1, -0.05) is 60.7 Å². The highest BCUT2D eigenvalue weighted by molar-refractivity contribution is 5.65. The van der Waals surface area contributed by atoms with Crippen LogP contribution in [0.5, 0.6) is 0 Å². The Hall–Kier alpha value is -3.25. The van der Waals surface area contributed by atoms with Crippen LogP contribution in [0.4, 0.5) is 5.82 Å². The standard InChI is InChI=1S/C23H24N6/c1-18(19-8-4-2-5-9-19)27-12-14-28(15-13-27)22-16-21(20-10-6-3-7-11-20)26-23-24-17-25-29(22)23/h2-11,16-18H,12-15H2,1H3/t18-/m0/s1. The lowest BCUT2D eigenvalue weighted by Crippen LogP contribution is -2.47. The van der Waals surface area contributed by atoms with E-state index in [9.17, 15) is 0 Å². The molecule has 0 radical (unpaired) electrons. The molecule has 5 rings (SSSR count).